The largest absolute Gasteiger partial charge is 0.469 e. The van der Waals surface area contributed by atoms with Gasteiger partial charge >= 0.3 is 0 Å². The van der Waals surface area contributed by atoms with Crippen LogP contribution in [-0.2, 0) is 11.2 Å². The van der Waals surface area contributed by atoms with Gasteiger partial charge in [0.25, 0.3) is 0 Å². The molecular weight excluding hydrogens is 250 g/mol. The normalized spacial score (nSPS) is 27.6. The number of nitrogens with two attached hydrogens (primary N) is 1. The first-order valence-electron chi connectivity index (χ1n) is 8.20. The predicted molar refractivity (Wildman–Crippen MR) is 79.5 cm³/mol. The summed E-state index contributed by atoms with van der Waals surface area (Å²) < 4.78 is 11.7. The summed E-state index contributed by atoms with van der Waals surface area (Å²) in [5, 5.41) is 0. The fourth-order valence-electron chi connectivity index (χ4n) is 4.11. The minimum atomic E-state index is 0.103. The summed E-state index contributed by atoms with van der Waals surface area (Å²) in [5.74, 6) is 1.59. The van der Waals surface area contributed by atoms with Crippen molar-refractivity contribution in [3.05, 3.63) is 23.7 Å². The number of aryl methyl sites for hydroxylation is 1. The lowest BCUT2D eigenvalue weighted by atomic mass is 9.73. The van der Waals surface area contributed by atoms with Gasteiger partial charge in [-0.15, -0.1) is 0 Å². The van der Waals surface area contributed by atoms with Crippen molar-refractivity contribution in [2.75, 3.05) is 6.61 Å². The van der Waals surface area contributed by atoms with E-state index in [1.807, 2.05) is 0 Å². The van der Waals surface area contributed by atoms with Gasteiger partial charge < -0.3 is 14.9 Å². The van der Waals surface area contributed by atoms with E-state index in [4.69, 9.17) is 14.9 Å². The molecule has 1 aromatic heterocycles. The van der Waals surface area contributed by atoms with Crippen LogP contribution in [0.3, 0.4) is 0 Å². The molecule has 1 spiro atoms. The Morgan fingerprint density at radius 2 is 2.15 bits per heavy atom. The molecule has 2 N–H and O–H groups in total. The van der Waals surface area contributed by atoms with Gasteiger partial charge in [0.05, 0.1) is 11.9 Å². The summed E-state index contributed by atoms with van der Waals surface area (Å²) in [5.41, 5.74) is 7.91. The van der Waals surface area contributed by atoms with Crippen LogP contribution in [0.1, 0.15) is 69.2 Å². The van der Waals surface area contributed by atoms with E-state index in [1.54, 1.807) is 6.26 Å². The number of hydrogen-bond acceptors (Lipinski definition) is 3. The second kappa shape index (κ2) is 5.90. The average molecular weight is 277 g/mol. The van der Waals surface area contributed by atoms with Crippen LogP contribution in [0.15, 0.2) is 16.7 Å². The van der Waals surface area contributed by atoms with Crippen LogP contribution in [0.25, 0.3) is 0 Å². The average Bonchev–Trinajstić information content (AvgIpc) is 2.96. The molecule has 20 heavy (non-hydrogen) atoms. The Morgan fingerprint density at radius 1 is 1.35 bits per heavy atom. The minimum Gasteiger partial charge on any atom is -0.469 e. The van der Waals surface area contributed by atoms with Crippen molar-refractivity contribution in [1.82, 2.24) is 0 Å². The molecule has 1 saturated heterocycles. The smallest absolute Gasteiger partial charge is 0.108 e. The molecule has 1 aromatic rings. The topological polar surface area (TPSA) is 48.4 Å². The Kier molecular flexibility index (Phi) is 4.18. The molecule has 2 fully saturated rings. The highest BCUT2D eigenvalue weighted by Crippen LogP contribution is 2.44. The van der Waals surface area contributed by atoms with E-state index < -0.39 is 0 Å². The van der Waals surface area contributed by atoms with Gasteiger partial charge in [-0.25, -0.2) is 0 Å². The van der Waals surface area contributed by atoms with Crippen LogP contribution in [-0.4, -0.2) is 12.2 Å². The molecule has 1 saturated carbocycles. The molecule has 112 valence electrons. The van der Waals surface area contributed by atoms with Crippen LogP contribution < -0.4 is 5.73 Å². The molecule has 2 heterocycles. The van der Waals surface area contributed by atoms with Crippen LogP contribution in [0.5, 0.6) is 0 Å². The molecular formula is C17H27NO2. The molecule has 2 atom stereocenters. The van der Waals surface area contributed by atoms with Crippen molar-refractivity contribution in [1.29, 1.82) is 0 Å². The van der Waals surface area contributed by atoms with Crippen LogP contribution in [0.4, 0.5) is 0 Å². The minimum absolute atomic E-state index is 0.103. The molecule has 2 aliphatic rings. The van der Waals surface area contributed by atoms with Gasteiger partial charge in [-0.3, -0.25) is 0 Å². The van der Waals surface area contributed by atoms with E-state index in [9.17, 15) is 0 Å². The summed E-state index contributed by atoms with van der Waals surface area (Å²) in [6.07, 6.45) is 11.4. The molecule has 0 aromatic carbocycles. The zero-order chi connectivity index (χ0) is 14.0. The van der Waals surface area contributed by atoms with Crippen LogP contribution in [0.2, 0.25) is 0 Å². The molecule has 0 radical (unpaired) electrons. The second-order valence-corrected chi connectivity index (χ2v) is 6.52. The maximum Gasteiger partial charge on any atom is 0.108 e. The van der Waals surface area contributed by atoms with Crippen LogP contribution in [0, 0.1) is 5.92 Å². The van der Waals surface area contributed by atoms with Crippen molar-refractivity contribution in [3.8, 4) is 0 Å². The quantitative estimate of drug-likeness (QED) is 0.909. The maximum atomic E-state index is 6.56. The Morgan fingerprint density at radius 3 is 2.90 bits per heavy atom. The number of ether oxygens (including phenoxy) is 1. The monoisotopic (exact) mass is 277 g/mol. The first-order chi connectivity index (χ1) is 9.74. The highest BCUT2D eigenvalue weighted by atomic mass is 16.5. The Labute approximate surface area is 121 Å². The van der Waals surface area contributed by atoms with E-state index in [1.165, 1.54) is 37.7 Å². The summed E-state index contributed by atoms with van der Waals surface area (Å²) in [6.45, 7) is 3.00. The van der Waals surface area contributed by atoms with Crippen molar-refractivity contribution in [2.45, 2.75) is 69.9 Å². The molecule has 0 bridgehead atoms. The fraction of sp³-hybridized carbons (Fsp3) is 0.765. The number of furan rings is 1. The van der Waals surface area contributed by atoms with Gasteiger partial charge in [-0.05, 0) is 37.7 Å². The van der Waals surface area contributed by atoms with Gasteiger partial charge in [0.15, 0.2) is 0 Å². The van der Waals surface area contributed by atoms with E-state index in [0.717, 1.165) is 31.6 Å². The number of hydrogen-bond donors (Lipinski definition) is 1. The summed E-state index contributed by atoms with van der Waals surface area (Å²) in [7, 11) is 0. The molecule has 0 amide bonds. The molecule has 2 unspecified atom stereocenters. The van der Waals surface area contributed by atoms with Gasteiger partial charge in [-0.1, -0.05) is 26.2 Å². The standard InChI is InChI=1S/C17H27NO2/c1-2-15-14(7-10-19-15)16(18)13-6-11-20-17(12-13)8-4-3-5-9-17/h7,10,13,16H,2-6,8-9,11-12,18H2,1H3. The third-order valence-corrected chi connectivity index (χ3v) is 5.26. The highest BCUT2D eigenvalue weighted by molar-refractivity contribution is 5.22. The third kappa shape index (κ3) is 2.66. The zero-order valence-corrected chi connectivity index (χ0v) is 12.6. The van der Waals surface area contributed by atoms with Crippen molar-refractivity contribution in [3.63, 3.8) is 0 Å². The third-order valence-electron chi connectivity index (χ3n) is 5.26. The Bertz CT molecular complexity index is 428. The van der Waals surface area contributed by atoms with E-state index in [0.29, 0.717) is 5.92 Å². The lowest BCUT2D eigenvalue weighted by Gasteiger charge is -2.45. The van der Waals surface area contributed by atoms with E-state index >= 15 is 0 Å². The van der Waals surface area contributed by atoms with Crippen LogP contribution >= 0.6 is 0 Å². The molecule has 1 aliphatic heterocycles. The highest BCUT2D eigenvalue weighted by Gasteiger charge is 2.40. The van der Waals surface area contributed by atoms with Gasteiger partial charge in [0, 0.05) is 24.6 Å². The lowest BCUT2D eigenvalue weighted by Crippen LogP contribution is -2.44. The molecule has 1 aliphatic carbocycles. The maximum absolute atomic E-state index is 6.56. The van der Waals surface area contributed by atoms with Crippen molar-refractivity contribution < 1.29 is 9.15 Å². The molecule has 3 nitrogen and oxygen atoms in total. The van der Waals surface area contributed by atoms with Crippen molar-refractivity contribution >= 4 is 0 Å². The summed E-state index contributed by atoms with van der Waals surface area (Å²) in [6, 6.07) is 2.17. The van der Waals surface area contributed by atoms with E-state index in [-0.39, 0.29) is 11.6 Å². The second-order valence-electron chi connectivity index (χ2n) is 6.52. The summed E-state index contributed by atoms with van der Waals surface area (Å²) in [4.78, 5) is 0. The van der Waals surface area contributed by atoms with Gasteiger partial charge in [0.2, 0.25) is 0 Å². The van der Waals surface area contributed by atoms with Crippen molar-refractivity contribution in [2.24, 2.45) is 11.7 Å². The fourth-order valence-corrected chi connectivity index (χ4v) is 4.11. The van der Waals surface area contributed by atoms with E-state index in [2.05, 4.69) is 13.0 Å². The predicted octanol–water partition coefficient (Wildman–Crippen LogP) is 3.97. The molecule has 3 rings (SSSR count). The number of rotatable bonds is 3. The zero-order valence-electron chi connectivity index (χ0n) is 12.6. The first kappa shape index (κ1) is 14.2. The van der Waals surface area contributed by atoms with Gasteiger partial charge in [-0.2, -0.15) is 0 Å². The Balaban J connectivity index is 1.73. The molecule has 3 heteroatoms. The Hall–Kier alpha value is -0.800. The van der Waals surface area contributed by atoms with Gasteiger partial charge in [0.1, 0.15) is 5.76 Å². The SMILES string of the molecule is CCc1occc1C(N)C1CCOC2(CCCCC2)C1. The summed E-state index contributed by atoms with van der Waals surface area (Å²) >= 11 is 0. The lowest BCUT2D eigenvalue weighted by molar-refractivity contribution is -0.120. The first-order valence-corrected chi connectivity index (χ1v) is 8.20.